The molecule has 0 bridgehead atoms. The van der Waals surface area contributed by atoms with E-state index < -0.39 is 0 Å². The zero-order chi connectivity index (χ0) is 11.1. The number of rotatable bonds is 6. The fourth-order valence-electron chi connectivity index (χ4n) is 1.17. The maximum absolute atomic E-state index is 11.3. The van der Waals surface area contributed by atoms with E-state index in [2.05, 4.69) is 6.92 Å². The van der Waals surface area contributed by atoms with Crippen LogP contribution in [-0.4, -0.2) is 18.1 Å². The van der Waals surface area contributed by atoms with Crippen LogP contribution in [0.5, 0.6) is 0 Å². The predicted molar refractivity (Wildman–Crippen MR) is 57.9 cm³/mol. The second-order valence-electron chi connectivity index (χ2n) is 4.20. The molecule has 0 saturated heterocycles. The first-order valence-corrected chi connectivity index (χ1v) is 5.42. The molecule has 0 saturated carbocycles. The van der Waals surface area contributed by atoms with Crippen molar-refractivity contribution in [1.82, 2.24) is 0 Å². The van der Waals surface area contributed by atoms with E-state index in [-0.39, 0.29) is 18.1 Å². The van der Waals surface area contributed by atoms with E-state index in [0.29, 0.717) is 12.3 Å². The molecule has 0 heterocycles. The van der Waals surface area contributed by atoms with Gasteiger partial charge in [-0.3, -0.25) is 4.79 Å². The van der Waals surface area contributed by atoms with Crippen molar-refractivity contribution >= 4 is 5.97 Å². The van der Waals surface area contributed by atoms with E-state index in [1.54, 1.807) is 0 Å². The summed E-state index contributed by atoms with van der Waals surface area (Å²) >= 11 is 0. The summed E-state index contributed by atoms with van der Waals surface area (Å²) in [6.07, 6.45) is 2.30. The van der Waals surface area contributed by atoms with Gasteiger partial charge in [0, 0.05) is 6.04 Å². The summed E-state index contributed by atoms with van der Waals surface area (Å²) in [7, 11) is 0. The van der Waals surface area contributed by atoms with Crippen molar-refractivity contribution in [3.05, 3.63) is 0 Å². The number of hydrogen-bond acceptors (Lipinski definition) is 3. The molecule has 2 atom stereocenters. The third kappa shape index (κ3) is 5.97. The van der Waals surface area contributed by atoms with Crippen molar-refractivity contribution in [3.63, 3.8) is 0 Å². The topological polar surface area (TPSA) is 52.3 Å². The molecule has 3 heteroatoms. The van der Waals surface area contributed by atoms with Gasteiger partial charge in [-0.05, 0) is 19.3 Å². The number of carbonyl (C=O) groups is 1. The molecule has 84 valence electrons. The number of hydrogen-bond donors (Lipinski definition) is 1. The van der Waals surface area contributed by atoms with E-state index in [1.165, 1.54) is 0 Å². The van der Waals surface area contributed by atoms with E-state index in [9.17, 15) is 4.79 Å². The normalized spacial score (nSPS) is 15.3. The molecule has 14 heavy (non-hydrogen) atoms. The highest BCUT2D eigenvalue weighted by Gasteiger charge is 2.15. The lowest BCUT2D eigenvalue weighted by Gasteiger charge is -2.17. The van der Waals surface area contributed by atoms with Crippen LogP contribution in [0.2, 0.25) is 0 Å². The first-order valence-electron chi connectivity index (χ1n) is 5.42. The van der Waals surface area contributed by atoms with Gasteiger partial charge in [-0.25, -0.2) is 0 Å². The van der Waals surface area contributed by atoms with Crippen LogP contribution >= 0.6 is 0 Å². The number of nitrogens with two attached hydrogens (primary N) is 1. The molecule has 2 unspecified atom stereocenters. The Kier molecular flexibility index (Phi) is 6.54. The first-order chi connectivity index (χ1) is 6.47. The smallest absolute Gasteiger partial charge is 0.307 e. The molecule has 0 amide bonds. The molecule has 0 spiro atoms. The lowest BCUT2D eigenvalue weighted by atomic mass is 10.0. The third-order valence-corrected chi connectivity index (χ3v) is 2.29. The standard InChI is InChI=1S/C11H23NO2/c1-5-6-9(4)14-11(13)7-10(12)8(2)3/h8-10H,5-7,12H2,1-4H3. The lowest BCUT2D eigenvalue weighted by molar-refractivity contribution is -0.149. The molecule has 0 aliphatic rings. The zero-order valence-electron chi connectivity index (χ0n) is 9.75. The highest BCUT2D eigenvalue weighted by molar-refractivity contribution is 5.70. The van der Waals surface area contributed by atoms with Gasteiger partial charge in [0.05, 0.1) is 12.5 Å². The molecule has 0 aromatic carbocycles. The summed E-state index contributed by atoms with van der Waals surface area (Å²) in [6.45, 7) is 8.01. The maximum Gasteiger partial charge on any atom is 0.307 e. The highest BCUT2D eigenvalue weighted by atomic mass is 16.5. The van der Waals surface area contributed by atoms with Crippen LogP contribution in [0, 0.1) is 5.92 Å². The van der Waals surface area contributed by atoms with Crippen LogP contribution < -0.4 is 5.73 Å². The molecule has 0 aromatic heterocycles. The minimum absolute atomic E-state index is 0.0202. The average molecular weight is 201 g/mol. The second-order valence-corrected chi connectivity index (χ2v) is 4.20. The second kappa shape index (κ2) is 6.82. The summed E-state index contributed by atoms with van der Waals surface area (Å²) in [4.78, 5) is 11.3. The van der Waals surface area contributed by atoms with Crippen LogP contribution in [0.3, 0.4) is 0 Å². The molecule has 2 N–H and O–H groups in total. The number of esters is 1. The van der Waals surface area contributed by atoms with Gasteiger partial charge in [-0.1, -0.05) is 27.2 Å². The van der Waals surface area contributed by atoms with Gasteiger partial charge in [0.1, 0.15) is 0 Å². The van der Waals surface area contributed by atoms with E-state index in [0.717, 1.165) is 12.8 Å². The monoisotopic (exact) mass is 201 g/mol. The van der Waals surface area contributed by atoms with Crippen molar-refractivity contribution in [2.24, 2.45) is 11.7 Å². The maximum atomic E-state index is 11.3. The van der Waals surface area contributed by atoms with Gasteiger partial charge >= 0.3 is 5.97 Å². The minimum Gasteiger partial charge on any atom is -0.463 e. The molecule has 0 radical (unpaired) electrons. The molecule has 0 rings (SSSR count). The summed E-state index contributed by atoms with van der Waals surface area (Å²) in [6, 6.07) is -0.0867. The summed E-state index contributed by atoms with van der Waals surface area (Å²) in [5.74, 6) is 0.149. The van der Waals surface area contributed by atoms with Crippen LogP contribution in [0.25, 0.3) is 0 Å². The van der Waals surface area contributed by atoms with Crippen molar-refractivity contribution in [2.75, 3.05) is 0 Å². The Balaban J connectivity index is 3.75. The Morgan fingerprint density at radius 3 is 2.36 bits per heavy atom. The molecule has 0 fully saturated rings. The van der Waals surface area contributed by atoms with Crippen molar-refractivity contribution in [1.29, 1.82) is 0 Å². The Hall–Kier alpha value is -0.570. The van der Waals surface area contributed by atoms with Crippen LogP contribution in [0.15, 0.2) is 0 Å². The largest absolute Gasteiger partial charge is 0.463 e. The van der Waals surface area contributed by atoms with E-state index >= 15 is 0 Å². The van der Waals surface area contributed by atoms with Crippen LogP contribution in [0.4, 0.5) is 0 Å². The van der Waals surface area contributed by atoms with Crippen LogP contribution in [0.1, 0.15) is 47.0 Å². The average Bonchev–Trinajstić information content (AvgIpc) is 2.03. The molecule has 0 aliphatic carbocycles. The zero-order valence-corrected chi connectivity index (χ0v) is 9.75. The fourth-order valence-corrected chi connectivity index (χ4v) is 1.17. The van der Waals surface area contributed by atoms with Gasteiger partial charge in [-0.2, -0.15) is 0 Å². The van der Waals surface area contributed by atoms with Crippen molar-refractivity contribution in [2.45, 2.75) is 59.1 Å². The quantitative estimate of drug-likeness (QED) is 0.669. The summed E-state index contributed by atoms with van der Waals surface area (Å²) in [5, 5.41) is 0. The molecule has 0 aliphatic heterocycles. The summed E-state index contributed by atoms with van der Waals surface area (Å²) < 4.78 is 5.19. The lowest BCUT2D eigenvalue weighted by Crippen LogP contribution is -2.31. The Morgan fingerprint density at radius 1 is 1.36 bits per heavy atom. The van der Waals surface area contributed by atoms with Crippen LogP contribution in [-0.2, 0) is 9.53 Å². The van der Waals surface area contributed by atoms with Gasteiger partial charge in [0.2, 0.25) is 0 Å². The van der Waals surface area contributed by atoms with Gasteiger partial charge in [-0.15, -0.1) is 0 Å². The SMILES string of the molecule is CCCC(C)OC(=O)CC(N)C(C)C. The number of carbonyl (C=O) groups excluding carboxylic acids is 1. The first kappa shape index (κ1) is 13.4. The van der Waals surface area contributed by atoms with E-state index in [1.807, 2.05) is 20.8 Å². The summed E-state index contributed by atoms with van der Waals surface area (Å²) in [5.41, 5.74) is 5.77. The van der Waals surface area contributed by atoms with Crippen molar-refractivity contribution in [3.8, 4) is 0 Å². The minimum atomic E-state index is -0.174. The van der Waals surface area contributed by atoms with Crippen molar-refractivity contribution < 1.29 is 9.53 Å². The van der Waals surface area contributed by atoms with Gasteiger partial charge in [0.15, 0.2) is 0 Å². The van der Waals surface area contributed by atoms with Gasteiger partial charge < -0.3 is 10.5 Å². The molecule has 3 nitrogen and oxygen atoms in total. The predicted octanol–water partition coefficient (Wildman–Crippen LogP) is 2.09. The third-order valence-electron chi connectivity index (χ3n) is 2.29. The molecule has 0 aromatic rings. The highest BCUT2D eigenvalue weighted by Crippen LogP contribution is 2.07. The molecular weight excluding hydrogens is 178 g/mol. The Bertz CT molecular complexity index is 169. The fraction of sp³-hybridized carbons (Fsp3) is 0.909. The molecular formula is C11H23NO2. The van der Waals surface area contributed by atoms with Gasteiger partial charge in [0.25, 0.3) is 0 Å². The van der Waals surface area contributed by atoms with E-state index in [4.69, 9.17) is 10.5 Å². The Labute approximate surface area is 87.0 Å². The Morgan fingerprint density at radius 2 is 1.93 bits per heavy atom. The number of ether oxygens (including phenoxy) is 1.